The largest absolute Gasteiger partial charge is 0.495 e. The zero-order valence-corrected chi connectivity index (χ0v) is 16.4. The van der Waals surface area contributed by atoms with Gasteiger partial charge in [0.05, 0.1) is 12.8 Å². The van der Waals surface area contributed by atoms with Gasteiger partial charge in [0.25, 0.3) is 5.91 Å². The Morgan fingerprint density at radius 2 is 1.52 bits per heavy atom. The van der Waals surface area contributed by atoms with Crippen LogP contribution in [0.3, 0.4) is 0 Å². The van der Waals surface area contributed by atoms with Crippen LogP contribution < -0.4 is 14.5 Å². The molecule has 5 nitrogen and oxygen atoms in total. The van der Waals surface area contributed by atoms with Gasteiger partial charge in [0.2, 0.25) is 5.91 Å². The number of amides is 2. The van der Waals surface area contributed by atoms with Crippen molar-refractivity contribution in [3.63, 3.8) is 0 Å². The lowest BCUT2D eigenvalue weighted by atomic mass is 9.99. The summed E-state index contributed by atoms with van der Waals surface area (Å²) in [5.74, 6) is 0.248. The molecule has 1 aliphatic heterocycles. The first kappa shape index (κ1) is 18.7. The predicted octanol–water partition coefficient (Wildman–Crippen LogP) is 4.12. The standard InChI is InChI=1S/C24H22N2O3/c1-17-12-14-19(15-13-17)26-22(27)16-25(20-10-6-7-11-21(20)29-2)24(28)23(26)18-8-4-3-5-9-18/h3-15,23H,16H2,1-2H3/t23-/m0/s1. The van der Waals surface area contributed by atoms with Gasteiger partial charge in [-0.15, -0.1) is 0 Å². The van der Waals surface area contributed by atoms with E-state index in [1.165, 1.54) is 4.90 Å². The number of hydrogen-bond acceptors (Lipinski definition) is 3. The zero-order valence-electron chi connectivity index (χ0n) is 16.4. The topological polar surface area (TPSA) is 49.9 Å². The van der Waals surface area contributed by atoms with Crippen molar-refractivity contribution in [1.29, 1.82) is 0 Å². The fourth-order valence-corrected chi connectivity index (χ4v) is 3.67. The molecule has 5 heteroatoms. The van der Waals surface area contributed by atoms with E-state index in [-0.39, 0.29) is 18.4 Å². The number of methoxy groups -OCH3 is 1. The molecule has 3 aromatic carbocycles. The number of ether oxygens (including phenoxy) is 1. The van der Waals surface area contributed by atoms with E-state index < -0.39 is 6.04 Å². The van der Waals surface area contributed by atoms with E-state index in [1.54, 1.807) is 24.1 Å². The van der Waals surface area contributed by atoms with E-state index in [0.717, 1.165) is 11.1 Å². The summed E-state index contributed by atoms with van der Waals surface area (Å²) in [4.78, 5) is 30.1. The maximum atomic E-state index is 13.7. The summed E-state index contributed by atoms with van der Waals surface area (Å²) >= 11 is 0. The smallest absolute Gasteiger partial charge is 0.255 e. The molecule has 0 bridgehead atoms. The van der Waals surface area contributed by atoms with E-state index in [4.69, 9.17) is 4.74 Å². The van der Waals surface area contributed by atoms with Crippen molar-refractivity contribution in [3.05, 3.63) is 90.0 Å². The highest BCUT2D eigenvalue weighted by molar-refractivity contribution is 6.14. The van der Waals surface area contributed by atoms with Crippen LogP contribution in [-0.4, -0.2) is 25.5 Å². The van der Waals surface area contributed by atoms with Gasteiger partial charge in [0, 0.05) is 5.69 Å². The molecule has 1 atom stereocenters. The number of anilines is 2. The summed E-state index contributed by atoms with van der Waals surface area (Å²) in [6.45, 7) is 1.95. The van der Waals surface area contributed by atoms with Crippen LogP contribution in [-0.2, 0) is 9.59 Å². The van der Waals surface area contributed by atoms with Crippen LogP contribution in [0.1, 0.15) is 17.2 Å². The molecule has 0 radical (unpaired) electrons. The Bertz CT molecular complexity index is 1030. The molecular weight excluding hydrogens is 364 g/mol. The van der Waals surface area contributed by atoms with Crippen molar-refractivity contribution in [2.75, 3.05) is 23.5 Å². The van der Waals surface area contributed by atoms with E-state index in [0.29, 0.717) is 17.1 Å². The first-order chi connectivity index (χ1) is 14.1. The monoisotopic (exact) mass is 386 g/mol. The lowest BCUT2D eigenvalue weighted by Gasteiger charge is -2.40. The highest BCUT2D eigenvalue weighted by atomic mass is 16.5. The van der Waals surface area contributed by atoms with Gasteiger partial charge in [0.15, 0.2) is 0 Å². The van der Waals surface area contributed by atoms with Crippen molar-refractivity contribution in [1.82, 2.24) is 0 Å². The van der Waals surface area contributed by atoms with Crippen LogP contribution in [0.2, 0.25) is 0 Å². The fourth-order valence-electron chi connectivity index (χ4n) is 3.67. The molecule has 1 aliphatic rings. The third-order valence-electron chi connectivity index (χ3n) is 5.12. The quantitative estimate of drug-likeness (QED) is 0.678. The van der Waals surface area contributed by atoms with Gasteiger partial charge >= 0.3 is 0 Å². The number of carbonyl (C=O) groups excluding carboxylic acids is 2. The minimum absolute atomic E-state index is 0.0452. The van der Waals surface area contributed by atoms with Gasteiger partial charge < -0.3 is 4.74 Å². The van der Waals surface area contributed by atoms with E-state index in [9.17, 15) is 9.59 Å². The molecule has 29 heavy (non-hydrogen) atoms. The van der Waals surface area contributed by atoms with Crippen LogP contribution in [0.15, 0.2) is 78.9 Å². The van der Waals surface area contributed by atoms with Gasteiger partial charge in [-0.2, -0.15) is 0 Å². The predicted molar refractivity (Wildman–Crippen MR) is 113 cm³/mol. The highest BCUT2D eigenvalue weighted by Crippen LogP contribution is 2.37. The minimum atomic E-state index is -0.745. The number of piperazine rings is 1. The number of carbonyl (C=O) groups is 2. The average Bonchev–Trinajstić information content (AvgIpc) is 2.76. The first-order valence-electron chi connectivity index (χ1n) is 9.48. The summed E-state index contributed by atoms with van der Waals surface area (Å²) in [7, 11) is 1.56. The maximum Gasteiger partial charge on any atom is 0.255 e. The summed E-state index contributed by atoms with van der Waals surface area (Å²) in [5, 5.41) is 0. The van der Waals surface area contributed by atoms with Gasteiger partial charge in [0.1, 0.15) is 18.3 Å². The van der Waals surface area contributed by atoms with Crippen molar-refractivity contribution in [2.24, 2.45) is 0 Å². The Morgan fingerprint density at radius 1 is 0.862 bits per heavy atom. The average molecular weight is 386 g/mol. The third kappa shape index (κ3) is 3.47. The lowest BCUT2D eigenvalue weighted by Crippen LogP contribution is -2.56. The molecule has 0 N–H and O–H groups in total. The molecule has 4 rings (SSSR count). The molecule has 2 amide bonds. The summed E-state index contributed by atoms with van der Waals surface area (Å²) in [6.07, 6.45) is 0. The molecule has 1 fully saturated rings. The number of hydrogen-bond donors (Lipinski definition) is 0. The van der Waals surface area contributed by atoms with Gasteiger partial charge in [-0.1, -0.05) is 60.2 Å². The molecule has 0 saturated carbocycles. The Hall–Kier alpha value is -3.60. The van der Waals surface area contributed by atoms with Gasteiger partial charge in [-0.05, 0) is 36.8 Å². The minimum Gasteiger partial charge on any atom is -0.495 e. The van der Waals surface area contributed by atoms with Crippen LogP contribution in [0.5, 0.6) is 5.75 Å². The van der Waals surface area contributed by atoms with E-state index >= 15 is 0 Å². The molecular formula is C24H22N2O3. The normalized spacial score (nSPS) is 16.8. The van der Waals surface area contributed by atoms with Crippen molar-refractivity contribution < 1.29 is 14.3 Å². The summed E-state index contributed by atoms with van der Waals surface area (Å²) in [5.41, 5.74) is 3.17. The molecule has 0 aliphatic carbocycles. The Labute approximate surface area is 170 Å². The second-order valence-electron chi connectivity index (χ2n) is 7.01. The van der Waals surface area contributed by atoms with Crippen molar-refractivity contribution in [3.8, 4) is 5.75 Å². The van der Waals surface area contributed by atoms with Gasteiger partial charge in [-0.25, -0.2) is 0 Å². The summed E-state index contributed by atoms with van der Waals surface area (Å²) in [6, 6.07) is 23.6. The van der Waals surface area contributed by atoms with E-state index in [1.807, 2.05) is 73.7 Å². The number of aryl methyl sites for hydroxylation is 1. The number of rotatable bonds is 4. The Balaban J connectivity index is 1.82. The van der Waals surface area contributed by atoms with Crippen LogP contribution in [0.25, 0.3) is 0 Å². The summed E-state index contributed by atoms with van der Waals surface area (Å²) < 4.78 is 5.43. The number of benzene rings is 3. The van der Waals surface area contributed by atoms with Crippen LogP contribution >= 0.6 is 0 Å². The van der Waals surface area contributed by atoms with Crippen molar-refractivity contribution >= 4 is 23.2 Å². The first-order valence-corrected chi connectivity index (χ1v) is 9.48. The van der Waals surface area contributed by atoms with Gasteiger partial charge in [-0.3, -0.25) is 19.4 Å². The SMILES string of the molecule is COc1ccccc1N1CC(=O)N(c2ccc(C)cc2)[C@@H](c2ccccc2)C1=O. The van der Waals surface area contributed by atoms with Crippen LogP contribution in [0.4, 0.5) is 11.4 Å². The Morgan fingerprint density at radius 3 is 2.21 bits per heavy atom. The lowest BCUT2D eigenvalue weighted by molar-refractivity contribution is -0.128. The Kier molecular flexibility index (Phi) is 5.04. The molecule has 0 spiro atoms. The second kappa shape index (κ2) is 7.80. The second-order valence-corrected chi connectivity index (χ2v) is 7.01. The molecule has 0 unspecified atom stereocenters. The zero-order chi connectivity index (χ0) is 20.4. The molecule has 146 valence electrons. The number of para-hydroxylation sites is 2. The third-order valence-corrected chi connectivity index (χ3v) is 5.12. The molecule has 0 aromatic heterocycles. The van der Waals surface area contributed by atoms with Crippen molar-refractivity contribution in [2.45, 2.75) is 13.0 Å². The molecule has 3 aromatic rings. The van der Waals surface area contributed by atoms with Crippen LogP contribution in [0, 0.1) is 6.92 Å². The highest BCUT2D eigenvalue weighted by Gasteiger charge is 2.42. The molecule has 1 heterocycles. The molecule has 1 saturated heterocycles. The van der Waals surface area contributed by atoms with E-state index in [2.05, 4.69) is 0 Å². The fraction of sp³-hybridized carbons (Fsp3) is 0.167. The maximum absolute atomic E-state index is 13.7. The number of nitrogens with zero attached hydrogens (tertiary/aromatic N) is 2.